The van der Waals surface area contributed by atoms with Gasteiger partial charge in [0.1, 0.15) is 17.3 Å². The molecule has 1 unspecified atom stereocenters. The number of para-hydroxylation sites is 1. The van der Waals surface area contributed by atoms with Crippen LogP contribution in [0.3, 0.4) is 0 Å². The minimum atomic E-state index is -0.775. The van der Waals surface area contributed by atoms with Gasteiger partial charge in [-0.15, -0.1) is 0 Å². The van der Waals surface area contributed by atoms with E-state index in [1.54, 1.807) is 37.9 Å². The van der Waals surface area contributed by atoms with Gasteiger partial charge in [0.2, 0.25) is 5.95 Å². The van der Waals surface area contributed by atoms with Crippen molar-refractivity contribution in [2.24, 2.45) is 0 Å². The monoisotopic (exact) mass is 595 g/mol. The van der Waals surface area contributed by atoms with Crippen molar-refractivity contribution in [3.8, 4) is 6.01 Å². The summed E-state index contributed by atoms with van der Waals surface area (Å²) in [6.45, 7) is 17.8. The Morgan fingerprint density at radius 3 is 2.30 bits per heavy atom. The summed E-state index contributed by atoms with van der Waals surface area (Å²) >= 11 is 0. The molecule has 3 aromatic rings. The lowest BCUT2D eigenvalue weighted by atomic mass is 10.1. The van der Waals surface area contributed by atoms with E-state index < -0.39 is 23.3 Å². The smallest absolute Gasteiger partial charge is 0.417 e. The third kappa shape index (κ3) is 7.66. The number of piperidine rings is 1. The Balaban J connectivity index is 1.78. The lowest BCUT2D eigenvalue weighted by Gasteiger charge is -2.34. The lowest BCUT2D eigenvalue weighted by Crippen LogP contribution is -2.46. The fraction of sp³-hybridized carbons (Fsp3) is 0.581. The Hall–Kier alpha value is -4.09. The van der Waals surface area contributed by atoms with Crippen LogP contribution in [0.15, 0.2) is 30.5 Å². The van der Waals surface area contributed by atoms with Crippen molar-refractivity contribution in [2.45, 2.75) is 104 Å². The molecule has 1 fully saturated rings. The van der Waals surface area contributed by atoms with Crippen LogP contribution >= 0.6 is 0 Å². The van der Waals surface area contributed by atoms with E-state index in [0.29, 0.717) is 30.8 Å². The molecule has 1 aliphatic heterocycles. The number of carbonyl (C=O) groups excluding carboxylic acids is 2. The highest BCUT2D eigenvalue weighted by molar-refractivity contribution is 5.87. The fourth-order valence-electron chi connectivity index (χ4n) is 4.91. The summed E-state index contributed by atoms with van der Waals surface area (Å²) in [6.07, 6.45) is 1.77. The lowest BCUT2D eigenvalue weighted by molar-refractivity contribution is 0.00656. The molecule has 1 aromatic carbocycles. The molecular weight excluding hydrogens is 550 g/mol. The largest absolute Gasteiger partial charge is 0.458 e. The molecule has 2 atom stereocenters. The van der Waals surface area contributed by atoms with E-state index in [0.717, 1.165) is 17.5 Å². The van der Waals surface area contributed by atoms with Gasteiger partial charge in [-0.3, -0.25) is 0 Å². The number of likely N-dealkylation sites (tertiary alicyclic amines) is 1. The number of benzene rings is 1. The summed E-state index contributed by atoms with van der Waals surface area (Å²) in [7, 11) is 0. The van der Waals surface area contributed by atoms with Crippen molar-refractivity contribution in [3.05, 3.63) is 41.6 Å². The molecule has 0 saturated carbocycles. The number of nitrogens with zero attached hydrogens (tertiary/aromatic N) is 6. The summed E-state index contributed by atoms with van der Waals surface area (Å²) in [6, 6.07) is 6.85. The van der Waals surface area contributed by atoms with Gasteiger partial charge in [0.25, 0.3) is 0 Å². The first-order chi connectivity index (χ1) is 20.0. The minimum Gasteiger partial charge on any atom is -0.458 e. The number of nitrogens with two attached hydrogens (primary N) is 1. The van der Waals surface area contributed by atoms with Gasteiger partial charge >= 0.3 is 18.2 Å². The molecule has 4 rings (SSSR count). The number of anilines is 2. The Morgan fingerprint density at radius 2 is 1.67 bits per heavy atom. The molecule has 0 aliphatic carbocycles. The second-order valence-electron chi connectivity index (χ2n) is 13.3. The summed E-state index contributed by atoms with van der Waals surface area (Å²) < 4.78 is 19.3. The molecule has 0 bridgehead atoms. The molecule has 2 amide bonds. The highest BCUT2D eigenvalue weighted by Gasteiger charge is 2.35. The van der Waals surface area contributed by atoms with E-state index in [1.807, 2.05) is 59.7 Å². The first kappa shape index (κ1) is 31.8. The van der Waals surface area contributed by atoms with Crippen molar-refractivity contribution in [1.29, 1.82) is 0 Å². The van der Waals surface area contributed by atoms with Crippen LogP contribution in [-0.4, -0.2) is 67.1 Å². The predicted molar refractivity (Wildman–Crippen MR) is 164 cm³/mol. The average molecular weight is 596 g/mol. The van der Waals surface area contributed by atoms with E-state index in [1.165, 1.54) is 9.42 Å². The van der Waals surface area contributed by atoms with Gasteiger partial charge in [0.15, 0.2) is 5.65 Å². The Morgan fingerprint density at radius 1 is 1.00 bits per heavy atom. The minimum absolute atomic E-state index is 0.0720. The van der Waals surface area contributed by atoms with E-state index >= 15 is 0 Å². The van der Waals surface area contributed by atoms with E-state index in [-0.39, 0.29) is 30.1 Å². The van der Waals surface area contributed by atoms with Gasteiger partial charge in [-0.05, 0) is 78.9 Å². The van der Waals surface area contributed by atoms with Crippen molar-refractivity contribution in [1.82, 2.24) is 24.5 Å². The zero-order chi connectivity index (χ0) is 31.7. The Labute approximate surface area is 253 Å². The fourth-order valence-corrected chi connectivity index (χ4v) is 4.91. The van der Waals surface area contributed by atoms with Gasteiger partial charge in [0.05, 0.1) is 18.8 Å². The maximum absolute atomic E-state index is 13.9. The summed E-state index contributed by atoms with van der Waals surface area (Å²) in [5, 5.41) is 4.58. The summed E-state index contributed by atoms with van der Waals surface area (Å²) in [4.78, 5) is 39.2. The topological polar surface area (TPSA) is 137 Å². The number of carbonyl (C=O) groups is 2. The van der Waals surface area contributed by atoms with Crippen LogP contribution in [0.1, 0.15) is 98.2 Å². The maximum atomic E-state index is 13.9. The number of nitrogen functional groups attached to an aromatic ring is 1. The number of hydrogen-bond donors (Lipinski definition) is 1. The third-order valence-corrected chi connectivity index (χ3v) is 6.92. The highest BCUT2D eigenvalue weighted by atomic mass is 16.6. The van der Waals surface area contributed by atoms with E-state index in [9.17, 15) is 9.59 Å². The number of rotatable bonds is 6. The Kier molecular flexibility index (Phi) is 9.08. The SMILES string of the molecule is CC(C)c1cnn2c(N(C(=O)OC(C)(C)C)[C@@H](C)c3ccccc3N)nc(OC3CCCN(C(=O)OC(C)(C)C)C3)nc12. The van der Waals surface area contributed by atoms with E-state index in [4.69, 9.17) is 29.9 Å². The molecular formula is C31H45N7O5. The molecule has 3 heterocycles. The second-order valence-corrected chi connectivity index (χ2v) is 13.3. The number of hydrogen-bond acceptors (Lipinski definition) is 9. The zero-order valence-corrected chi connectivity index (χ0v) is 26.7. The normalized spacial score (nSPS) is 16.7. The van der Waals surface area contributed by atoms with Crippen LogP contribution in [0.25, 0.3) is 5.65 Å². The second kappa shape index (κ2) is 12.3. The van der Waals surface area contributed by atoms with Crippen LogP contribution in [0.5, 0.6) is 6.01 Å². The van der Waals surface area contributed by atoms with Crippen LogP contribution in [0.4, 0.5) is 21.2 Å². The van der Waals surface area contributed by atoms with Gasteiger partial charge in [-0.1, -0.05) is 32.0 Å². The van der Waals surface area contributed by atoms with Crippen LogP contribution in [0, 0.1) is 0 Å². The highest BCUT2D eigenvalue weighted by Crippen LogP contribution is 2.33. The first-order valence-corrected chi connectivity index (χ1v) is 14.8. The van der Waals surface area contributed by atoms with Crippen LogP contribution < -0.4 is 15.4 Å². The molecule has 1 aliphatic rings. The molecule has 12 nitrogen and oxygen atoms in total. The number of ether oxygens (including phenoxy) is 3. The number of aromatic nitrogens is 4. The average Bonchev–Trinajstić information content (AvgIpc) is 3.31. The predicted octanol–water partition coefficient (Wildman–Crippen LogP) is 6.11. The number of fused-ring (bicyclic) bond motifs is 1. The van der Waals surface area contributed by atoms with Crippen molar-refractivity contribution >= 4 is 29.5 Å². The quantitative estimate of drug-likeness (QED) is 0.335. The molecule has 2 N–H and O–H groups in total. The maximum Gasteiger partial charge on any atom is 0.417 e. The van der Waals surface area contributed by atoms with Crippen LogP contribution in [-0.2, 0) is 9.47 Å². The molecule has 43 heavy (non-hydrogen) atoms. The molecule has 2 aromatic heterocycles. The van der Waals surface area contributed by atoms with Gasteiger partial charge in [-0.2, -0.15) is 19.6 Å². The first-order valence-electron chi connectivity index (χ1n) is 14.8. The van der Waals surface area contributed by atoms with Crippen molar-refractivity contribution < 1.29 is 23.8 Å². The van der Waals surface area contributed by atoms with Crippen molar-refractivity contribution in [2.75, 3.05) is 23.7 Å². The van der Waals surface area contributed by atoms with Gasteiger partial charge in [0, 0.05) is 17.8 Å². The standard InChI is InChI=1S/C31H45N7O5/c1-19(2)23-17-33-38-25(23)34-26(41-21-13-12-16-36(18-21)28(39)42-30(4,5)6)35-27(38)37(29(40)43-31(7,8)9)20(3)22-14-10-11-15-24(22)32/h10-11,14-15,17,19-21H,12-13,16,18,32H2,1-9H3/t20-,21?/m0/s1. The molecule has 234 valence electrons. The molecule has 12 heteroatoms. The summed E-state index contributed by atoms with van der Waals surface area (Å²) in [5.74, 6) is 0.263. The molecule has 1 saturated heterocycles. The molecule has 0 spiro atoms. The Bertz CT molecular complexity index is 1460. The third-order valence-electron chi connectivity index (χ3n) is 6.92. The zero-order valence-electron chi connectivity index (χ0n) is 26.7. The number of amides is 2. The van der Waals surface area contributed by atoms with Crippen LogP contribution in [0.2, 0.25) is 0 Å². The summed E-state index contributed by atoms with van der Waals surface area (Å²) in [5.41, 5.74) is 7.59. The van der Waals surface area contributed by atoms with E-state index in [2.05, 4.69) is 5.10 Å². The van der Waals surface area contributed by atoms with Gasteiger partial charge < -0.3 is 24.8 Å². The van der Waals surface area contributed by atoms with Crippen molar-refractivity contribution in [3.63, 3.8) is 0 Å². The molecule has 0 radical (unpaired) electrons. The van der Waals surface area contributed by atoms with Gasteiger partial charge in [-0.25, -0.2) is 14.5 Å².